The molecule has 1 amide bonds. The summed E-state index contributed by atoms with van der Waals surface area (Å²) in [5, 5.41) is 3.05. The smallest absolute Gasteiger partial charge is 0.251 e. The van der Waals surface area contributed by atoms with E-state index in [0.717, 1.165) is 17.6 Å². The highest BCUT2D eigenvalue weighted by Crippen LogP contribution is 2.21. The Morgan fingerprint density at radius 1 is 1.36 bits per heavy atom. The summed E-state index contributed by atoms with van der Waals surface area (Å²) in [7, 11) is 0. The number of carbonyl (C=O) groups excluding carboxylic acids is 1. The fourth-order valence-corrected chi connectivity index (χ4v) is 3.21. The Hall–Kier alpha value is -0.910. The molecule has 1 aliphatic rings. The molecule has 1 aliphatic heterocycles. The molecule has 0 unspecified atom stereocenters. The number of benzene rings is 1. The van der Waals surface area contributed by atoms with Gasteiger partial charge in [0.15, 0.2) is 0 Å². The van der Waals surface area contributed by atoms with E-state index < -0.39 is 0 Å². The van der Waals surface area contributed by atoms with Gasteiger partial charge in [0.2, 0.25) is 0 Å². The second-order valence-corrected chi connectivity index (χ2v) is 7.58. The van der Waals surface area contributed by atoms with Crippen LogP contribution in [0.1, 0.15) is 38.1 Å². The fraction of sp³-hybridized carbons (Fsp3) is 0.588. The SMILES string of the molecule is C[C@@H]1CN(C(C)(C)CNC(=O)c2cccc(Br)c2)C[C@@H](C)O1. The van der Waals surface area contributed by atoms with Gasteiger partial charge in [0.05, 0.1) is 12.2 Å². The molecular formula is C17H25BrN2O2. The van der Waals surface area contributed by atoms with E-state index in [1.54, 1.807) is 0 Å². The molecule has 1 aromatic carbocycles. The minimum absolute atomic E-state index is 0.0382. The van der Waals surface area contributed by atoms with Gasteiger partial charge >= 0.3 is 0 Å². The van der Waals surface area contributed by atoms with E-state index in [9.17, 15) is 4.79 Å². The summed E-state index contributed by atoms with van der Waals surface area (Å²) in [5.41, 5.74) is 0.572. The van der Waals surface area contributed by atoms with E-state index in [2.05, 4.69) is 53.8 Å². The molecule has 1 N–H and O–H groups in total. The molecular weight excluding hydrogens is 344 g/mol. The Bertz CT molecular complexity index is 523. The molecule has 1 fully saturated rings. The molecule has 0 bridgehead atoms. The topological polar surface area (TPSA) is 41.6 Å². The van der Waals surface area contributed by atoms with Gasteiger partial charge in [-0.2, -0.15) is 0 Å². The van der Waals surface area contributed by atoms with Gasteiger partial charge in [0, 0.05) is 35.2 Å². The standard InChI is InChI=1S/C17H25BrN2O2/c1-12-9-20(10-13(2)22-12)17(3,4)11-19-16(21)14-6-5-7-15(18)8-14/h5-8,12-13H,9-11H2,1-4H3,(H,19,21)/t12-,13-/m1/s1. The van der Waals surface area contributed by atoms with E-state index in [0.29, 0.717) is 12.1 Å². The zero-order chi connectivity index (χ0) is 16.3. The average Bonchev–Trinajstić information content (AvgIpc) is 2.44. The quantitative estimate of drug-likeness (QED) is 0.887. The van der Waals surface area contributed by atoms with Gasteiger partial charge in [-0.05, 0) is 45.9 Å². The molecule has 0 saturated carbocycles. The first kappa shape index (κ1) is 17.4. The van der Waals surface area contributed by atoms with Gasteiger partial charge in [-0.25, -0.2) is 0 Å². The predicted octanol–water partition coefficient (Wildman–Crippen LogP) is 3.07. The number of rotatable bonds is 4. The Morgan fingerprint density at radius 2 is 2.00 bits per heavy atom. The predicted molar refractivity (Wildman–Crippen MR) is 92.1 cm³/mol. The summed E-state index contributed by atoms with van der Waals surface area (Å²) in [6, 6.07) is 7.44. The van der Waals surface area contributed by atoms with Crippen LogP contribution in [0.15, 0.2) is 28.7 Å². The second-order valence-electron chi connectivity index (χ2n) is 6.67. The molecule has 122 valence electrons. The lowest BCUT2D eigenvalue weighted by Crippen LogP contribution is -2.58. The first-order chi connectivity index (χ1) is 10.3. The number of nitrogens with zero attached hydrogens (tertiary/aromatic N) is 1. The van der Waals surface area contributed by atoms with Crippen LogP contribution in [0.4, 0.5) is 0 Å². The monoisotopic (exact) mass is 368 g/mol. The third kappa shape index (κ3) is 4.54. The van der Waals surface area contributed by atoms with Crippen molar-refractivity contribution in [2.75, 3.05) is 19.6 Å². The average molecular weight is 369 g/mol. The Labute approximate surface area is 141 Å². The third-order valence-electron chi connectivity index (χ3n) is 4.04. The molecule has 1 aromatic rings. The molecule has 4 nitrogen and oxygen atoms in total. The van der Waals surface area contributed by atoms with Gasteiger partial charge in [-0.15, -0.1) is 0 Å². The van der Waals surface area contributed by atoms with Gasteiger partial charge in [-0.3, -0.25) is 9.69 Å². The van der Waals surface area contributed by atoms with Crippen molar-refractivity contribution in [3.05, 3.63) is 34.3 Å². The molecule has 1 heterocycles. The van der Waals surface area contributed by atoms with Crippen molar-refractivity contribution < 1.29 is 9.53 Å². The zero-order valence-corrected chi connectivity index (χ0v) is 15.3. The summed E-state index contributed by atoms with van der Waals surface area (Å²) in [6.07, 6.45) is 0.451. The molecule has 2 atom stereocenters. The molecule has 0 spiro atoms. The van der Waals surface area contributed by atoms with E-state index in [1.807, 2.05) is 24.3 Å². The van der Waals surface area contributed by atoms with Crippen LogP contribution < -0.4 is 5.32 Å². The van der Waals surface area contributed by atoms with Crippen LogP contribution in [-0.4, -0.2) is 48.2 Å². The Morgan fingerprint density at radius 3 is 2.59 bits per heavy atom. The van der Waals surface area contributed by atoms with Crippen molar-refractivity contribution in [3.63, 3.8) is 0 Å². The number of carbonyl (C=O) groups is 1. The fourth-order valence-electron chi connectivity index (χ4n) is 2.81. The van der Waals surface area contributed by atoms with Crippen LogP contribution in [-0.2, 0) is 4.74 Å². The van der Waals surface area contributed by atoms with Crippen molar-refractivity contribution in [2.45, 2.75) is 45.4 Å². The van der Waals surface area contributed by atoms with Crippen LogP contribution in [0.25, 0.3) is 0 Å². The molecule has 2 rings (SSSR count). The van der Waals surface area contributed by atoms with Crippen molar-refractivity contribution >= 4 is 21.8 Å². The van der Waals surface area contributed by atoms with Gasteiger partial charge in [-0.1, -0.05) is 22.0 Å². The normalized spacial score (nSPS) is 23.3. The first-order valence-electron chi connectivity index (χ1n) is 7.72. The summed E-state index contributed by atoms with van der Waals surface area (Å²) < 4.78 is 6.70. The van der Waals surface area contributed by atoms with Gasteiger partial charge in [0.25, 0.3) is 5.91 Å². The summed E-state index contributed by atoms with van der Waals surface area (Å²) >= 11 is 3.39. The van der Waals surface area contributed by atoms with E-state index in [4.69, 9.17) is 4.74 Å². The zero-order valence-electron chi connectivity index (χ0n) is 13.7. The van der Waals surface area contributed by atoms with Crippen LogP contribution in [0, 0.1) is 0 Å². The maximum absolute atomic E-state index is 12.3. The molecule has 0 aromatic heterocycles. The second kappa shape index (κ2) is 7.11. The van der Waals surface area contributed by atoms with Gasteiger partial charge in [0.1, 0.15) is 0 Å². The minimum Gasteiger partial charge on any atom is -0.373 e. The Balaban J connectivity index is 1.95. The maximum Gasteiger partial charge on any atom is 0.251 e. The number of morpholine rings is 1. The minimum atomic E-state index is -0.103. The lowest BCUT2D eigenvalue weighted by molar-refractivity contribution is -0.0948. The van der Waals surface area contributed by atoms with Crippen molar-refractivity contribution in [2.24, 2.45) is 0 Å². The highest BCUT2D eigenvalue weighted by Gasteiger charge is 2.33. The first-order valence-corrected chi connectivity index (χ1v) is 8.51. The lowest BCUT2D eigenvalue weighted by atomic mass is 10.00. The van der Waals surface area contributed by atoms with Crippen LogP contribution in [0.3, 0.4) is 0 Å². The molecule has 22 heavy (non-hydrogen) atoms. The van der Waals surface area contributed by atoms with Crippen molar-refractivity contribution in [1.29, 1.82) is 0 Å². The lowest BCUT2D eigenvalue weighted by Gasteiger charge is -2.45. The number of nitrogens with one attached hydrogen (secondary N) is 1. The van der Waals surface area contributed by atoms with E-state index in [-0.39, 0.29) is 23.7 Å². The number of ether oxygens (including phenoxy) is 1. The van der Waals surface area contributed by atoms with Crippen LogP contribution in [0.5, 0.6) is 0 Å². The van der Waals surface area contributed by atoms with Gasteiger partial charge < -0.3 is 10.1 Å². The molecule has 0 aliphatic carbocycles. The van der Waals surface area contributed by atoms with E-state index in [1.165, 1.54) is 0 Å². The largest absolute Gasteiger partial charge is 0.373 e. The molecule has 1 saturated heterocycles. The third-order valence-corrected chi connectivity index (χ3v) is 4.54. The Kier molecular flexibility index (Phi) is 5.64. The number of hydrogen-bond acceptors (Lipinski definition) is 3. The highest BCUT2D eigenvalue weighted by molar-refractivity contribution is 9.10. The highest BCUT2D eigenvalue weighted by atomic mass is 79.9. The number of halogens is 1. The van der Waals surface area contributed by atoms with Crippen LogP contribution in [0.2, 0.25) is 0 Å². The van der Waals surface area contributed by atoms with E-state index >= 15 is 0 Å². The maximum atomic E-state index is 12.3. The van der Waals surface area contributed by atoms with Crippen LogP contribution >= 0.6 is 15.9 Å². The van der Waals surface area contributed by atoms with Crippen molar-refractivity contribution in [3.8, 4) is 0 Å². The number of amides is 1. The van der Waals surface area contributed by atoms with Crippen molar-refractivity contribution in [1.82, 2.24) is 10.2 Å². The summed E-state index contributed by atoms with van der Waals surface area (Å²) in [5.74, 6) is -0.0382. The summed E-state index contributed by atoms with van der Waals surface area (Å²) in [4.78, 5) is 14.7. The molecule has 5 heteroatoms. The molecule has 0 radical (unpaired) electrons. The number of hydrogen-bond donors (Lipinski definition) is 1. The summed E-state index contributed by atoms with van der Waals surface area (Å²) in [6.45, 7) is 10.9.